The molecular weight excluding hydrogens is 451 g/mol. The summed E-state index contributed by atoms with van der Waals surface area (Å²) in [6.45, 7) is 1.44. The van der Waals surface area contributed by atoms with Gasteiger partial charge in [-0.15, -0.1) is 5.48 Å². The van der Waals surface area contributed by atoms with Gasteiger partial charge < -0.3 is 9.57 Å². The standard InChI is InChI=1S/C19H22ClFN4O5S/c1-10(16(26)30-22-11-6-4-5-7-11)29-15-9-14(13(21)8-12(15)20)25-17(27)23(2)19(31)24(3)18(25)28/h8-11,22H,4-7H2,1-3H3. The quantitative estimate of drug-likeness (QED) is 0.508. The summed E-state index contributed by atoms with van der Waals surface area (Å²) < 4.78 is 22.8. The highest BCUT2D eigenvalue weighted by molar-refractivity contribution is 7.71. The molecule has 0 radical (unpaired) electrons. The first-order chi connectivity index (χ1) is 14.6. The molecule has 0 amide bonds. The van der Waals surface area contributed by atoms with Gasteiger partial charge in [0.25, 0.3) is 0 Å². The Balaban J connectivity index is 1.90. The highest BCUT2D eigenvalue weighted by Crippen LogP contribution is 2.30. The molecule has 12 heteroatoms. The lowest BCUT2D eigenvalue weighted by Crippen LogP contribution is -2.43. The number of carbonyl (C=O) groups excluding carboxylic acids is 1. The first-order valence-corrected chi connectivity index (χ1v) is 10.4. The molecule has 3 rings (SSSR count). The van der Waals surface area contributed by atoms with Crippen LogP contribution in [0.2, 0.25) is 5.02 Å². The van der Waals surface area contributed by atoms with E-state index in [1.54, 1.807) is 0 Å². The first kappa shape index (κ1) is 23.2. The Morgan fingerprint density at radius 1 is 1.23 bits per heavy atom. The summed E-state index contributed by atoms with van der Waals surface area (Å²) >= 11 is 11.1. The molecule has 0 bridgehead atoms. The van der Waals surface area contributed by atoms with Crippen molar-refractivity contribution in [3.05, 3.63) is 48.7 Å². The summed E-state index contributed by atoms with van der Waals surface area (Å²) in [7, 11) is 2.72. The van der Waals surface area contributed by atoms with Crippen molar-refractivity contribution >= 4 is 29.8 Å². The highest BCUT2D eigenvalue weighted by Gasteiger charge is 2.23. The van der Waals surface area contributed by atoms with E-state index in [1.165, 1.54) is 21.0 Å². The van der Waals surface area contributed by atoms with E-state index in [4.69, 9.17) is 33.4 Å². The van der Waals surface area contributed by atoms with Crippen molar-refractivity contribution < 1.29 is 18.8 Å². The molecule has 1 heterocycles. The predicted octanol–water partition coefficient (Wildman–Crippen LogP) is 2.15. The molecule has 0 saturated heterocycles. The second kappa shape index (κ2) is 9.33. The van der Waals surface area contributed by atoms with Gasteiger partial charge in [-0.1, -0.05) is 24.4 Å². The van der Waals surface area contributed by atoms with E-state index in [2.05, 4.69) is 5.48 Å². The van der Waals surface area contributed by atoms with E-state index < -0.39 is 29.3 Å². The molecule has 1 saturated carbocycles. The van der Waals surface area contributed by atoms with Crippen molar-refractivity contribution in [3.8, 4) is 11.4 Å². The lowest BCUT2D eigenvalue weighted by molar-refractivity contribution is -0.160. The minimum absolute atomic E-state index is 0.0248. The number of aromatic nitrogens is 3. The molecule has 1 fully saturated rings. The number of nitrogens with zero attached hydrogens (tertiary/aromatic N) is 3. The van der Waals surface area contributed by atoms with Crippen LogP contribution in [0.1, 0.15) is 32.6 Å². The fourth-order valence-corrected chi connectivity index (χ4v) is 3.61. The SMILES string of the molecule is CC(Oc1cc(-n2c(=O)n(C)c(=S)n(C)c2=O)c(F)cc1Cl)C(=O)ONC1CCCC1. The summed E-state index contributed by atoms with van der Waals surface area (Å²) in [6.07, 6.45) is 2.88. The number of ether oxygens (including phenoxy) is 1. The van der Waals surface area contributed by atoms with Crippen molar-refractivity contribution in [2.45, 2.75) is 44.8 Å². The molecule has 2 aromatic rings. The molecule has 1 unspecified atom stereocenters. The second-order valence-electron chi connectivity index (χ2n) is 7.32. The van der Waals surface area contributed by atoms with E-state index in [0.717, 1.165) is 47.0 Å². The zero-order valence-corrected chi connectivity index (χ0v) is 18.8. The van der Waals surface area contributed by atoms with Crippen LogP contribution in [0.4, 0.5) is 4.39 Å². The van der Waals surface area contributed by atoms with Crippen LogP contribution in [0.3, 0.4) is 0 Å². The minimum atomic E-state index is -1.09. The zero-order valence-electron chi connectivity index (χ0n) is 17.2. The minimum Gasteiger partial charge on any atom is -0.477 e. The van der Waals surface area contributed by atoms with Crippen LogP contribution in [-0.2, 0) is 23.7 Å². The highest BCUT2D eigenvalue weighted by atomic mass is 35.5. The van der Waals surface area contributed by atoms with Crippen molar-refractivity contribution in [2.24, 2.45) is 14.1 Å². The van der Waals surface area contributed by atoms with Gasteiger partial charge in [-0.05, 0) is 38.0 Å². The topological polar surface area (TPSA) is 96.5 Å². The van der Waals surface area contributed by atoms with Crippen LogP contribution in [0.25, 0.3) is 5.69 Å². The van der Waals surface area contributed by atoms with Gasteiger partial charge >= 0.3 is 17.3 Å². The molecule has 0 spiro atoms. The van der Waals surface area contributed by atoms with Gasteiger partial charge in [0.05, 0.1) is 10.7 Å². The van der Waals surface area contributed by atoms with Gasteiger partial charge in [0, 0.05) is 26.2 Å². The molecule has 31 heavy (non-hydrogen) atoms. The van der Waals surface area contributed by atoms with E-state index in [9.17, 15) is 18.8 Å². The van der Waals surface area contributed by atoms with Crippen LogP contribution < -0.4 is 21.6 Å². The van der Waals surface area contributed by atoms with Crippen molar-refractivity contribution in [2.75, 3.05) is 0 Å². The normalized spacial score (nSPS) is 15.1. The Hall–Kier alpha value is -2.50. The zero-order chi connectivity index (χ0) is 22.9. The molecule has 1 atom stereocenters. The molecule has 1 aromatic carbocycles. The number of carbonyl (C=O) groups is 1. The lowest BCUT2D eigenvalue weighted by atomic mass is 10.2. The molecular formula is C19H22ClFN4O5S. The number of hydroxylamine groups is 1. The van der Waals surface area contributed by atoms with Gasteiger partial charge in [0.15, 0.2) is 10.9 Å². The third-order valence-electron chi connectivity index (χ3n) is 5.09. The van der Waals surface area contributed by atoms with Gasteiger partial charge in [0.1, 0.15) is 11.6 Å². The Morgan fingerprint density at radius 3 is 2.39 bits per heavy atom. The average molecular weight is 473 g/mol. The molecule has 1 aliphatic rings. The average Bonchev–Trinajstić information content (AvgIpc) is 3.25. The third kappa shape index (κ3) is 4.73. The summed E-state index contributed by atoms with van der Waals surface area (Å²) in [5.41, 5.74) is 0.650. The number of hydrogen-bond acceptors (Lipinski definition) is 7. The number of nitrogens with one attached hydrogen (secondary N) is 1. The molecule has 1 aliphatic carbocycles. The Bertz CT molecular complexity index is 1150. The number of hydrogen-bond donors (Lipinski definition) is 1. The Labute approximate surface area is 186 Å². The fraction of sp³-hybridized carbons (Fsp3) is 0.474. The Morgan fingerprint density at radius 2 is 1.81 bits per heavy atom. The maximum Gasteiger partial charge on any atom is 0.365 e. The summed E-state index contributed by atoms with van der Waals surface area (Å²) in [4.78, 5) is 42.4. The summed E-state index contributed by atoms with van der Waals surface area (Å²) in [5, 5.41) is -0.140. The number of benzene rings is 1. The Kier molecular flexibility index (Phi) is 6.97. The summed E-state index contributed by atoms with van der Waals surface area (Å²) in [6, 6.07) is 2.08. The largest absolute Gasteiger partial charge is 0.477 e. The molecule has 168 valence electrons. The third-order valence-corrected chi connectivity index (χ3v) is 5.93. The van der Waals surface area contributed by atoms with Crippen molar-refractivity contribution in [1.82, 2.24) is 19.2 Å². The number of halogens is 2. The molecule has 9 nitrogen and oxygen atoms in total. The maximum atomic E-state index is 14.6. The molecule has 0 aliphatic heterocycles. The first-order valence-electron chi connectivity index (χ1n) is 9.63. The molecule has 1 aromatic heterocycles. The predicted molar refractivity (Wildman–Crippen MR) is 114 cm³/mol. The smallest absolute Gasteiger partial charge is 0.365 e. The van der Waals surface area contributed by atoms with Crippen LogP contribution in [0.15, 0.2) is 21.7 Å². The fourth-order valence-electron chi connectivity index (χ4n) is 3.26. The van der Waals surface area contributed by atoms with Gasteiger partial charge in [-0.2, -0.15) is 0 Å². The van der Waals surface area contributed by atoms with Gasteiger partial charge in [-0.25, -0.2) is 23.3 Å². The van der Waals surface area contributed by atoms with Crippen LogP contribution in [0, 0.1) is 10.6 Å². The van der Waals surface area contributed by atoms with Gasteiger partial charge in [0.2, 0.25) is 0 Å². The van der Waals surface area contributed by atoms with E-state index in [-0.39, 0.29) is 27.3 Å². The van der Waals surface area contributed by atoms with E-state index in [0.29, 0.717) is 4.57 Å². The maximum absolute atomic E-state index is 14.6. The van der Waals surface area contributed by atoms with E-state index >= 15 is 0 Å². The summed E-state index contributed by atoms with van der Waals surface area (Å²) in [5.74, 6) is -1.71. The van der Waals surface area contributed by atoms with Crippen LogP contribution >= 0.6 is 23.8 Å². The second-order valence-corrected chi connectivity index (χ2v) is 8.09. The molecule has 1 N–H and O–H groups in total. The van der Waals surface area contributed by atoms with Crippen molar-refractivity contribution in [3.63, 3.8) is 0 Å². The van der Waals surface area contributed by atoms with Crippen LogP contribution in [-0.4, -0.2) is 31.8 Å². The number of rotatable bonds is 6. The van der Waals surface area contributed by atoms with E-state index in [1.807, 2.05) is 0 Å². The van der Waals surface area contributed by atoms with Gasteiger partial charge in [-0.3, -0.25) is 9.13 Å². The van der Waals surface area contributed by atoms with Crippen molar-refractivity contribution in [1.29, 1.82) is 0 Å². The van der Waals surface area contributed by atoms with Crippen LogP contribution in [0.5, 0.6) is 5.75 Å². The monoisotopic (exact) mass is 472 g/mol. The lowest BCUT2D eigenvalue weighted by Gasteiger charge is -2.18.